The molecule has 0 aliphatic heterocycles. The molecule has 0 aliphatic carbocycles. The highest BCUT2D eigenvalue weighted by molar-refractivity contribution is 9.10. The summed E-state index contributed by atoms with van der Waals surface area (Å²) in [6, 6.07) is 26.7. The molecule has 0 heterocycles. The van der Waals surface area contributed by atoms with E-state index in [9.17, 15) is 13.2 Å². The lowest BCUT2D eigenvalue weighted by Crippen LogP contribution is -2.31. The number of para-hydroxylation sites is 1. The Labute approximate surface area is 195 Å². The smallest absolute Gasteiger partial charge is 0.261 e. The van der Waals surface area contributed by atoms with Gasteiger partial charge >= 0.3 is 0 Å². The topological polar surface area (TPSA) is 66.5 Å². The normalized spacial score (nSPS) is 11.3. The SMILES string of the molecule is CCN(C(=O)c1ccccc1NS(=O)(=O)c1ccc(Br)cc1)c1cccc2ccccc12. The van der Waals surface area contributed by atoms with Gasteiger partial charge in [-0.05, 0) is 54.8 Å². The Morgan fingerprint density at radius 1 is 0.875 bits per heavy atom. The Morgan fingerprint density at radius 3 is 2.28 bits per heavy atom. The molecule has 1 N–H and O–H groups in total. The molecule has 0 aromatic heterocycles. The monoisotopic (exact) mass is 508 g/mol. The second-order valence-electron chi connectivity index (χ2n) is 7.15. The predicted octanol–water partition coefficient (Wildman–Crippen LogP) is 6.07. The molecule has 4 aromatic carbocycles. The van der Waals surface area contributed by atoms with Gasteiger partial charge in [-0.1, -0.05) is 64.5 Å². The van der Waals surface area contributed by atoms with Gasteiger partial charge in [-0.15, -0.1) is 0 Å². The van der Waals surface area contributed by atoms with Gasteiger partial charge in [-0.2, -0.15) is 0 Å². The Balaban J connectivity index is 1.72. The second-order valence-corrected chi connectivity index (χ2v) is 9.75. The zero-order valence-corrected chi connectivity index (χ0v) is 19.7. The molecule has 0 bridgehead atoms. The summed E-state index contributed by atoms with van der Waals surface area (Å²) in [7, 11) is -3.86. The number of anilines is 2. The van der Waals surface area contributed by atoms with Crippen LogP contribution < -0.4 is 9.62 Å². The lowest BCUT2D eigenvalue weighted by atomic mass is 10.1. The van der Waals surface area contributed by atoms with E-state index in [-0.39, 0.29) is 22.1 Å². The van der Waals surface area contributed by atoms with E-state index in [1.54, 1.807) is 41.3 Å². The van der Waals surface area contributed by atoms with Crippen molar-refractivity contribution in [2.75, 3.05) is 16.2 Å². The molecule has 0 fully saturated rings. The van der Waals surface area contributed by atoms with E-state index in [2.05, 4.69) is 20.7 Å². The van der Waals surface area contributed by atoms with Crippen LogP contribution in [0.1, 0.15) is 17.3 Å². The summed E-state index contributed by atoms with van der Waals surface area (Å²) in [5.41, 5.74) is 1.29. The molecular weight excluding hydrogens is 488 g/mol. The van der Waals surface area contributed by atoms with Crippen LogP contribution in [0.4, 0.5) is 11.4 Å². The molecule has 7 heteroatoms. The highest BCUT2D eigenvalue weighted by atomic mass is 79.9. The zero-order valence-electron chi connectivity index (χ0n) is 17.3. The number of amides is 1. The second kappa shape index (κ2) is 9.14. The predicted molar refractivity (Wildman–Crippen MR) is 133 cm³/mol. The lowest BCUT2D eigenvalue weighted by molar-refractivity contribution is 0.0989. The van der Waals surface area contributed by atoms with Gasteiger partial charge in [-0.3, -0.25) is 9.52 Å². The number of hydrogen-bond donors (Lipinski definition) is 1. The average Bonchev–Trinajstić information content (AvgIpc) is 2.80. The Bertz CT molecular complexity index is 1380. The molecule has 0 radical (unpaired) electrons. The van der Waals surface area contributed by atoms with Gasteiger partial charge in [-0.25, -0.2) is 8.42 Å². The number of halogens is 1. The molecule has 1 amide bonds. The molecule has 0 aliphatic rings. The maximum absolute atomic E-state index is 13.6. The first-order chi connectivity index (χ1) is 15.4. The van der Waals surface area contributed by atoms with Gasteiger partial charge in [0.25, 0.3) is 15.9 Å². The number of sulfonamides is 1. The highest BCUT2D eigenvalue weighted by Gasteiger charge is 2.23. The van der Waals surface area contributed by atoms with Crippen molar-refractivity contribution in [3.8, 4) is 0 Å². The van der Waals surface area contributed by atoms with Crippen molar-refractivity contribution >= 4 is 54.0 Å². The Kier molecular flexibility index (Phi) is 6.30. The molecule has 162 valence electrons. The molecule has 32 heavy (non-hydrogen) atoms. The first-order valence-electron chi connectivity index (χ1n) is 10.1. The average molecular weight is 509 g/mol. The highest BCUT2D eigenvalue weighted by Crippen LogP contribution is 2.30. The molecule has 0 spiro atoms. The summed E-state index contributed by atoms with van der Waals surface area (Å²) in [6.07, 6.45) is 0. The van der Waals surface area contributed by atoms with Gasteiger partial charge in [0.1, 0.15) is 0 Å². The quantitative estimate of drug-likeness (QED) is 0.343. The van der Waals surface area contributed by atoms with Crippen molar-refractivity contribution < 1.29 is 13.2 Å². The van der Waals surface area contributed by atoms with Crippen LogP contribution in [-0.4, -0.2) is 20.9 Å². The summed E-state index contributed by atoms with van der Waals surface area (Å²) in [5.74, 6) is -0.280. The minimum Gasteiger partial charge on any atom is -0.308 e. The number of hydrogen-bond acceptors (Lipinski definition) is 3. The molecular formula is C25H21BrN2O3S. The molecule has 0 unspecified atom stereocenters. The van der Waals surface area contributed by atoms with E-state index in [1.807, 2.05) is 49.4 Å². The summed E-state index contributed by atoms with van der Waals surface area (Å²) in [6.45, 7) is 2.33. The third-order valence-electron chi connectivity index (χ3n) is 5.14. The summed E-state index contributed by atoms with van der Waals surface area (Å²) in [5, 5.41) is 1.98. The van der Waals surface area contributed by atoms with Crippen molar-refractivity contribution in [2.45, 2.75) is 11.8 Å². The fourth-order valence-electron chi connectivity index (χ4n) is 3.59. The zero-order chi connectivity index (χ0) is 22.7. The molecule has 0 saturated heterocycles. The number of rotatable bonds is 6. The molecule has 0 atom stereocenters. The van der Waals surface area contributed by atoms with Crippen LogP contribution >= 0.6 is 15.9 Å². The van der Waals surface area contributed by atoms with Crippen LogP contribution in [0.5, 0.6) is 0 Å². The fraction of sp³-hybridized carbons (Fsp3) is 0.0800. The standard InChI is InChI=1S/C25H21BrN2O3S/c1-2-28(24-13-7-9-18-8-3-4-10-21(18)24)25(29)22-11-5-6-12-23(22)27-32(30,31)20-16-14-19(26)15-17-20/h3-17,27H,2H2,1H3. The number of carbonyl (C=O) groups is 1. The van der Waals surface area contributed by atoms with Crippen LogP contribution in [0.2, 0.25) is 0 Å². The Morgan fingerprint density at radius 2 is 1.53 bits per heavy atom. The number of carbonyl (C=O) groups excluding carboxylic acids is 1. The minimum atomic E-state index is -3.86. The van der Waals surface area contributed by atoms with Crippen LogP contribution in [0.15, 0.2) is 100 Å². The van der Waals surface area contributed by atoms with E-state index in [0.717, 1.165) is 20.9 Å². The third-order valence-corrected chi connectivity index (χ3v) is 7.05. The lowest BCUT2D eigenvalue weighted by Gasteiger charge is -2.24. The van der Waals surface area contributed by atoms with Crippen LogP contribution in [0.3, 0.4) is 0 Å². The fourth-order valence-corrected chi connectivity index (χ4v) is 4.93. The molecule has 0 saturated carbocycles. The van der Waals surface area contributed by atoms with E-state index in [4.69, 9.17) is 0 Å². The number of fused-ring (bicyclic) bond motifs is 1. The van der Waals surface area contributed by atoms with Gasteiger partial charge in [0, 0.05) is 16.4 Å². The number of nitrogens with one attached hydrogen (secondary N) is 1. The van der Waals surface area contributed by atoms with E-state index in [1.165, 1.54) is 12.1 Å². The summed E-state index contributed by atoms with van der Waals surface area (Å²) in [4.78, 5) is 15.4. The van der Waals surface area contributed by atoms with Gasteiger partial charge < -0.3 is 4.90 Å². The number of benzene rings is 4. The van der Waals surface area contributed by atoms with Gasteiger partial charge in [0.2, 0.25) is 0 Å². The summed E-state index contributed by atoms with van der Waals surface area (Å²) < 4.78 is 29.2. The molecule has 4 rings (SSSR count). The Hall–Kier alpha value is -3.16. The van der Waals surface area contributed by atoms with Crippen molar-refractivity contribution in [1.29, 1.82) is 0 Å². The third kappa shape index (κ3) is 4.40. The first-order valence-corrected chi connectivity index (χ1v) is 12.4. The van der Waals surface area contributed by atoms with Crippen LogP contribution in [-0.2, 0) is 10.0 Å². The molecule has 4 aromatic rings. The summed E-state index contributed by atoms with van der Waals surface area (Å²) >= 11 is 3.31. The van der Waals surface area contributed by atoms with Crippen LogP contribution in [0.25, 0.3) is 10.8 Å². The van der Waals surface area contributed by atoms with Gasteiger partial charge in [0.15, 0.2) is 0 Å². The van der Waals surface area contributed by atoms with Crippen molar-refractivity contribution in [1.82, 2.24) is 0 Å². The number of nitrogens with zero attached hydrogens (tertiary/aromatic N) is 1. The van der Waals surface area contributed by atoms with E-state index < -0.39 is 10.0 Å². The van der Waals surface area contributed by atoms with Gasteiger partial charge in [0.05, 0.1) is 21.8 Å². The maximum Gasteiger partial charge on any atom is 0.261 e. The largest absolute Gasteiger partial charge is 0.308 e. The van der Waals surface area contributed by atoms with Crippen molar-refractivity contribution in [3.63, 3.8) is 0 Å². The maximum atomic E-state index is 13.6. The molecule has 5 nitrogen and oxygen atoms in total. The van der Waals surface area contributed by atoms with Crippen molar-refractivity contribution in [3.05, 3.63) is 101 Å². The minimum absolute atomic E-state index is 0.115. The first kappa shape index (κ1) is 22.0. The van der Waals surface area contributed by atoms with Crippen LogP contribution in [0, 0.1) is 0 Å². The van der Waals surface area contributed by atoms with E-state index >= 15 is 0 Å². The van der Waals surface area contributed by atoms with Crippen molar-refractivity contribution in [2.24, 2.45) is 0 Å². The van der Waals surface area contributed by atoms with E-state index in [0.29, 0.717) is 6.54 Å².